The number of amides is 1. The number of carbonyl (C=O) groups is 1. The average molecular weight is 402 g/mol. The number of halogens is 1. The molecule has 130 valence electrons. The smallest absolute Gasteiger partial charge is 0.259 e. The van der Waals surface area contributed by atoms with E-state index in [1.54, 1.807) is 17.9 Å². The summed E-state index contributed by atoms with van der Waals surface area (Å²) in [4.78, 5) is 12.4. The Kier molecular flexibility index (Phi) is 4.76. The van der Waals surface area contributed by atoms with Crippen molar-refractivity contribution in [2.75, 3.05) is 5.32 Å². The summed E-state index contributed by atoms with van der Waals surface area (Å²) < 4.78 is 4.62. The van der Waals surface area contributed by atoms with Crippen LogP contribution in [-0.2, 0) is 13.6 Å². The Labute approximate surface area is 155 Å². The summed E-state index contributed by atoms with van der Waals surface area (Å²) in [5, 5.41) is 11.7. The van der Waals surface area contributed by atoms with E-state index in [2.05, 4.69) is 31.4 Å². The van der Waals surface area contributed by atoms with Gasteiger partial charge in [-0.05, 0) is 54.4 Å². The normalized spacial score (nSPS) is 10.9. The largest absolute Gasteiger partial charge is 0.322 e. The second-order valence-electron chi connectivity index (χ2n) is 6.10. The number of aryl methyl sites for hydroxylation is 3. The molecular weight excluding hydrogens is 382 g/mol. The molecule has 0 aliphatic heterocycles. The number of hydrogen-bond donors (Lipinski definition) is 1. The average Bonchev–Trinajstić information content (AvgIpc) is 3.02. The zero-order chi connectivity index (χ0) is 18.1. The summed E-state index contributed by atoms with van der Waals surface area (Å²) in [6, 6.07) is 7.80. The molecule has 0 fully saturated rings. The molecule has 2 heterocycles. The second-order valence-corrected chi connectivity index (χ2v) is 6.89. The predicted molar refractivity (Wildman–Crippen MR) is 101 cm³/mol. The highest BCUT2D eigenvalue weighted by Gasteiger charge is 2.13. The van der Waals surface area contributed by atoms with E-state index in [1.165, 1.54) is 0 Å². The van der Waals surface area contributed by atoms with Gasteiger partial charge in [0.25, 0.3) is 5.91 Å². The lowest BCUT2D eigenvalue weighted by atomic mass is 10.2. The van der Waals surface area contributed by atoms with Crippen molar-refractivity contribution in [1.29, 1.82) is 0 Å². The van der Waals surface area contributed by atoms with Crippen molar-refractivity contribution in [1.82, 2.24) is 19.6 Å². The van der Waals surface area contributed by atoms with Gasteiger partial charge in [0.1, 0.15) is 0 Å². The van der Waals surface area contributed by atoms with Crippen molar-refractivity contribution in [2.45, 2.75) is 27.3 Å². The maximum atomic E-state index is 12.4. The summed E-state index contributed by atoms with van der Waals surface area (Å²) in [6.07, 6.45) is 1.72. The molecule has 0 saturated carbocycles. The standard InChI is InChI=1S/C18H20BrN5O/c1-11-16(10-23(4)21-11)18(25)20-15-7-5-6-14(8-15)9-24-13(3)17(19)12(2)22-24/h5-8,10H,9H2,1-4H3,(H,20,25). The molecule has 0 saturated heterocycles. The highest BCUT2D eigenvalue weighted by molar-refractivity contribution is 9.10. The van der Waals surface area contributed by atoms with E-state index in [0.717, 1.165) is 27.1 Å². The van der Waals surface area contributed by atoms with Crippen LogP contribution in [0.5, 0.6) is 0 Å². The monoisotopic (exact) mass is 401 g/mol. The number of anilines is 1. The lowest BCUT2D eigenvalue weighted by molar-refractivity contribution is 0.102. The van der Waals surface area contributed by atoms with Gasteiger partial charge in [-0.1, -0.05) is 12.1 Å². The fourth-order valence-corrected chi connectivity index (χ4v) is 3.05. The van der Waals surface area contributed by atoms with Crippen LogP contribution in [-0.4, -0.2) is 25.5 Å². The van der Waals surface area contributed by atoms with Crippen molar-refractivity contribution < 1.29 is 4.79 Å². The number of nitrogens with one attached hydrogen (secondary N) is 1. The molecule has 3 rings (SSSR count). The Morgan fingerprint density at radius 2 is 1.96 bits per heavy atom. The molecule has 1 N–H and O–H groups in total. The highest BCUT2D eigenvalue weighted by Crippen LogP contribution is 2.21. The summed E-state index contributed by atoms with van der Waals surface area (Å²) in [5.41, 5.74) is 5.16. The summed E-state index contributed by atoms with van der Waals surface area (Å²) in [7, 11) is 1.80. The summed E-state index contributed by atoms with van der Waals surface area (Å²) in [5.74, 6) is -0.156. The van der Waals surface area contributed by atoms with Gasteiger partial charge in [0.05, 0.1) is 33.7 Å². The minimum Gasteiger partial charge on any atom is -0.322 e. The van der Waals surface area contributed by atoms with Gasteiger partial charge in [-0.2, -0.15) is 10.2 Å². The molecule has 0 spiro atoms. The Hall–Kier alpha value is -2.41. The second kappa shape index (κ2) is 6.84. The van der Waals surface area contributed by atoms with Crippen LogP contribution < -0.4 is 5.32 Å². The first-order valence-electron chi connectivity index (χ1n) is 7.95. The van der Waals surface area contributed by atoms with Crippen LogP contribution in [0.4, 0.5) is 5.69 Å². The van der Waals surface area contributed by atoms with Crippen LogP contribution >= 0.6 is 15.9 Å². The zero-order valence-electron chi connectivity index (χ0n) is 14.7. The topological polar surface area (TPSA) is 64.7 Å². The Balaban J connectivity index is 1.78. The molecule has 0 bridgehead atoms. The third-order valence-corrected chi connectivity index (χ3v) is 5.22. The minimum absolute atomic E-state index is 0.156. The quantitative estimate of drug-likeness (QED) is 0.725. The first-order chi connectivity index (χ1) is 11.8. The zero-order valence-corrected chi connectivity index (χ0v) is 16.3. The molecule has 7 heteroatoms. The van der Waals surface area contributed by atoms with E-state index in [0.29, 0.717) is 17.8 Å². The fourth-order valence-electron chi connectivity index (χ4n) is 2.77. The SMILES string of the molecule is Cc1nn(C)cc1C(=O)Nc1cccc(Cn2nc(C)c(Br)c2C)c1. The summed E-state index contributed by atoms with van der Waals surface area (Å²) in [6.45, 7) is 6.47. The van der Waals surface area contributed by atoms with Crippen molar-refractivity contribution >= 4 is 27.5 Å². The van der Waals surface area contributed by atoms with E-state index in [9.17, 15) is 4.79 Å². The van der Waals surface area contributed by atoms with Crippen LogP contribution in [0, 0.1) is 20.8 Å². The minimum atomic E-state index is -0.156. The lowest BCUT2D eigenvalue weighted by Gasteiger charge is -2.08. The molecule has 1 aromatic carbocycles. The molecule has 6 nitrogen and oxygen atoms in total. The summed E-state index contributed by atoms with van der Waals surface area (Å²) >= 11 is 3.55. The van der Waals surface area contributed by atoms with Crippen molar-refractivity contribution in [2.24, 2.45) is 7.05 Å². The third kappa shape index (κ3) is 3.66. The molecule has 2 aromatic heterocycles. The maximum Gasteiger partial charge on any atom is 0.259 e. The van der Waals surface area contributed by atoms with Gasteiger partial charge in [0.2, 0.25) is 0 Å². The van der Waals surface area contributed by atoms with Crippen LogP contribution in [0.25, 0.3) is 0 Å². The van der Waals surface area contributed by atoms with E-state index in [-0.39, 0.29) is 5.91 Å². The van der Waals surface area contributed by atoms with Gasteiger partial charge in [0.15, 0.2) is 0 Å². The molecule has 3 aromatic rings. The number of aromatic nitrogens is 4. The molecule has 0 unspecified atom stereocenters. The Morgan fingerprint density at radius 3 is 2.56 bits per heavy atom. The van der Waals surface area contributed by atoms with Crippen LogP contribution in [0.2, 0.25) is 0 Å². The van der Waals surface area contributed by atoms with E-state index >= 15 is 0 Å². The number of rotatable bonds is 4. The molecule has 0 aliphatic carbocycles. The first kappa shape index (κ1) is 17.4. The molecular formula is C18H20BrN5O. The van der Waals surface area contributed by atoms with Crippen molar-refractivity contribution in [3.8, 4) is 0 Å². The predicted octanol–water partition coefficient (Wildman–Crippen LogP) is 3.60. The maximum absolute atomic E-state index is 12.4. The molecule has 0 aliphatic rings. The molecule has 25 heavy (non-hydrogen) atoms. The van der Waals surface area contributed by atoms with Crippen LogP contribution in [0.3, 0.4) is 0 Å². The van der Waals surface area contributed by atoms with E-state index < -0.39 is 0 Å². The Morgan fingerprint density at radius 1 is 1.20 bits per heavy atom. The van der Waals surface area contributed by atoms with Gasteiger partial charge in [0, 0.05) is 18.9 Å². The molecule has 0 atom stereocenters. The Bertz CT molecular complexity index is 941. The van der Waals surface area contributed by atoms with Gasteiger partial charge in [-0.3, -0.25) is 14.2 Å². The number of nitrogens with zero attached hydrogens (tertiary/aromatic N) is 4. The van der Waals surface area contributed by atoms with E-state index in [1.807, 2.05) is 49.7 Å². The van der Waals surface area contributed by atoms with Crippen molar-refractivity contribution in [3.63, 3.8) is 0 Å². The molecule has 1 amide bonds. The molecule has 0 radical (unpaired) electrons. The fraction of sp³-hybridized carbons (Fsp3) is 0.278. The lowest BCUT2D eigenvalue weighted by Crippen LogP contribution is -2.13. The third-order valence-electron chi connectivity index (χ3n) is 4.07. The van der Waals surface area contributed by atoms with E-state index in [4.69, 9.17) is 0 Å². The van der Waals surface area contributed by atoms with Crippen LogP contribution in [0.1, 0.15) is 33.0 Å². The van der Waals surface area contributed by atoms with Gasteiger partial charge in [-0.25, -0.2) is 0 Å². The van der Waals surface area contributed by atoms with Gasteiger partial charge in [-0.15, -0.1) is 0 Å². The van der Waals surface area contributed by atoms with Gasteiger partial charge >= 0.3 is 0 Å². The highest BCUT2D eigenvalue weighted by atomic mass is 79.9. The first-order valence-corrected chi connectivity index (χ1v) is 8.74. The number of carbonyl (C=O) groups excluding carboxylic acids is 1. The number of benzene rings is 1. The van der Waals surface area contributed by atoms with Gasteiger partial charge < -0.3 is 5.32 Å². The van der Waals surface area contributed by atoms with Crippen LogP contribution in [0.15, 0.2) is 34.9 Å². The number of hydrogen-bond acceptors (Lipinski definition) is 3. The van der Waals surface area contributed by atoms with Crippen molar-refractivity contribution in [3.05, 3.63) is 63.1 Å².